The zero-order valence-electron chi connectivity index (χ0n) is 15.9. The Morgan fingerprint density at radius 1 is 1.04 bits per heavy atom. The lowest BCUT2D eigenvalue weighted by Crippen LogP contribution is -2.61. The van der Waals surface area contributed by atoms with Crippen molar-refractivity contribution in [3.8, 4) is 17.7 Å². The van der Waals surface area contributed by atoms with E-state index in [-0.39, 0.29) is 5.54 Å². The van der Waals surface area contributed by atoms with Crippen LogP contribution in [-0.2, 0) is 0 Å². The number of amidine groups is 1. The monoisotopic (exact) mass is 364 g/mol. The fraction of sp³-hybridized carbons (Fsp3) is 0.333. The van der Waals surface area contributed by atoms with Gasteiger partial charge >= 0.3 is 6.02 Å². The topological polar surface area (TPSA) is 61.1 Å². The molecule has 1 aliphatic heterocycles. The highest BCUT2D eigenvalue weighted by molar-refractivity contribution is 5.78. The van der Waals surface area contributed by atoms with E-state index in [4.69, 9.17) is 14.7 Å². The van der Waals surface area contributed by atoms with Gasteiger partial charge in [0.05, 0.1) is 12.6 Å². The lowest BCUT2D eigenvalue weighted by atomic mass is 9.98. The second kappa shape index (κ2) is 8.00. The van der Waals surface area contributed by atoms with E-state index in [1.165, 1.54) is 0 Å². The SMILES string of the molecule is COc1ccc(N2CCN(C(=NC#N)Oc3ccccc3)CC2(C)C)cc1. The standard InChI is InChI=1S/C21H24N4O2/c1-21(2)15-24(20(23-16-22)27-19-7-5-4-6-8-19)13-14-25(21)17-9-11-18(26-3)12-10-17/h4-12H,13-15H2,1-3H3. The van der Waals surface area contributed by atoms with Gasteiger partial charge < -0.3 is 19.3 Å². The minimum absolute atomic E-state index is 0.164. The molecule has 1 aliphatic rings. The molecule has 2 aromatic rings. The van der Waals surface area contributed by atoms with Gasteiger partial charge in [-0.05, 0) is 50.2 Å². The molecule has 1 saturated heterocycles. The number of hydrogen-bond donors (Lipinski definition) is 0. The van der Waals surface area contributed by atoms with Crippen LogP contribution in [0.4, 0.5) is 5.69 Å². The Balaban J connectivity index is 1.76. The molecular weight excluding hydrogens is 340 g/mol. The predicted molar refractivity (Wildman–Crippen MR) is 106 cm³/mol. The Morgan fingerprint density at radius 2 is 1.74 bits per heavy atom. The maximum absolute atomic E-state index is 9.09. The first-order chi connectivity index (χ1) is 13.0. The summed E-state index contributed by atoms with van der Waals surface area (Å²) in [7, 11) is 1.67. The van der Waals surface area contributed by atoms with Crippen LogP contribution < -0.4 is 14.4 Å². The van der Waals surface area contributed by atoms with Gasteiger partial charge in [0.15, 0.2) is 0 Å². The summed E-state index contributed by atoms with van der Waals surface area (Å²) in [5, 5.41) is 9.09. The first-order valence-corrected chi connectivity index (χ1v) is 8.90. The summed E-state index contributed by atoms with van der Waals surface area (Å²) >= 11 is 0. The molecule has 3 rings (SSSR count). The van der Waals surface area contributed by atoms with Crippen molar-refractivity contribution in [2.24, 2.45) is 4.99 Å². The van der Waals surface area contributed by atoms with E-state index in [2.05, 4.69) is 35.9 Å². The summed E-state index contributed by atoms with van der Waals surface area (Å²) in [6, 6.07) is 17.8. The smallest absolute Gasteiger partial charge is 0.308 e. The summed E-state index contributed by atoms with van der Waals surface area (Å²) in [6.45, 7) is 6.54. The van der Waals surface area contributed by atoms with E-state index in [1.807, 2.05) is 53.6 Å². The Hall–Kier alpha value is -3.20. The number of anilines is 1. The Kier molecular flexibility index (Phi) is 5.51. The first-order valence-electron chi connectivity index (χ1n) is 8.90. The number of piperazine rings is 1. The number of para-hydroxylation sites is 1. The molecule has 0 spiro atoms. The van der Waals surface area contributed by atoms with E-state index in [1.54, 1.807) is 7.11 Å². The molecule has 140 valence electrons. The highest BCUT2D eigenvalue weighted by Gasteiger charge is 2.36. The second-order valence-electron chi connectivity index (χ2n) is 6.99. The van der Waals surface area contributed by atoms with Crippen LogP contribution >= 0.6 is 0 Å². The lowest BCUT2D eigenvalue weighted by Gasteiger charge is -2.48. The molecule has 2 aromatic carbocycles. The average Bonchev–Trinajstić information content (AvgIpc) is 2.68. The van der Waals surface area contributed by atoms with E-state index in [0.29, 0.717) is 24.9 Å². The number of ether oxygens (including phenoxy) is 2. The lowest BCUT2D eigenvalue weighted by molar-refractivity contribution is 0.236. The molecule has 0 bridgehead atoms. The van der Waals surface area contributed by atoms with Crippen LogP contribution in [0.15, 0.2) is 59.6 Å². The summed E-state index contributed by atoms with van der Waals surface area (Å²) < 4.78 is 11.1. The first kappa shape index (κ1) is 18.6. The zero-order chi connectivity index (χ0) is 19.3. The van der Waals surface area contributed by atoms with Crippen molar-refractivity contribution in [3.63, 3.8) is 0 Å². The van der Waals surface area contributed by atoms with E-state index in [0.717, 1.165) is 18.0 Å². The van der Waals surface area contributed by atoms with Crippen molar-refractivity contribution in [3.05, 3.63) is 54.6 Å². The minimum Gasteiger partial charge on any atom is -0.497 e. The fourth-order valence-corrected chi connectivity index (χ4v) is 3.35. The van der Waals surface area contributed by atoms with Gasteiger partial charge in [0, 0.05) is 25.3 Å². The van der Waals surface area contributed by atoms with Gasteiger partial charge in [-0.15, -0.1) is 4.99 Å². The highest BCUT2D eigenvalue weighted by atomic mass is 16.5. The predicted octanol–water partition coefficient (Wildman–Crippen LogP) is 3.51. The molecular formula is C21H24N4O2. The quantitative estimate of drug-likeness (QED) is 0.474. The molecule has 0 radical (unpaired) electrons. The molecule has 0 amide bonds. The maximum Gasteiger partial charge on any atom is 0.308 e. The third-order valence-corrected chi connectivity index (χ3v) is 4.65. The molecule has 0 atom stereocenters. The number of hydrogen-bond acceptors (Lipinski definition) is 5. The van der Waals surface area contributed by atoms with Crippen LogP contribution in [0.2, 0.25) is 0 Å². The van der Waals surface area contributed by atoms with Gasteiger partial charge in [-0.2, -0.15) is 5.26 Å². The Morgan fingerprint density at radius 3 is 2.33 bits per heavy atom. The molecule has 6 nitrogen and oxygen atoms in total. The van der Waals surface area contributed by atoms with Crippen LogP contribution in [0.3, 0.4) is 0 Å². The summed E-state index contributed by atoms with van der Waals surface area (Å²) in [5.41, 5.74) is 0.978. The molecule has 0 saturated carbocycles. The van der Waals surface area contributed by atoms with Gasteiger partial charge in [0.1, 0.15) is 11.5 Å². The third-order valence-electron chi connectivity index (χ3n) is 4.65. The number of benzene rings is 2. The third kappa shape index (κ3) is 4.32. The van der Waals surface area contributed by atoms with E-state index >= 15 is 0 Å². The van der Waals surface area contributed by atoms with Crippen molar-refractivity contribution in [1.29, 1.82) is 5.26 Å². The normalized spacial score (nSPS) is 16.6. The summed E-state index contributed by atoms with van der Waals surface area (Å²) in [5.74, 6) is 1.51. The highest BCUT2D eigenvalue weighted by Crippen LogP contribution is 2.29. The molecule has 1 heterocycles. The van der Waals surface area contributed by atoms with Crippen LogP contribution in [0.5, 0.6) is 11.5 Å². The molecule has 0 aliphatic carbocycles. The number of nitrogens with zero attached hydrogens (tertiary/aromatic N) is 4. The number of methoxy groups -OCH3 is 1. The number of aliphatic imine (C=N–C) groups is 1. The molecule has 0 unspecified atom stereocenters. The Bertz CT molecular complexity index is 826. The largest absolute Gasteiger partial charge is 0.497 e. The molecule has 0 aromatic heterocycles. The average molecular weight is 364 g/mol. The fourth-order valence-electron chi connectivity index (χ4n) is 3.35. The van der Waals surface area contributed by atoms with Crippen molar-refractivity contribution in [1.82, 2.24) is 4.90 Å². The zero-order valence-corrected chi connectivity index (χ0v) is 15.9. The van der Waals surface area contributed by atoms with Gasteiger partial charge in [-0.25, -0.2) is 0 Å². The van der Waals surface area contributed by atoms with Gasteiger partial charge in [-0.1, -0.05) is 18.2 Å². The van der Waals surface area contributed by atoms with Crippen molar-refractivity contribution >= 4 is 11.7 Å². The van der Waals surface area contributed by atoms with E-state index in [9.17, 15) is 0 Å². The molecule has 0 N–H and O–H groups in total. The van der Waals surface area contributed by atoms with Crippen molar-refractivity contribution in [2.45, 2.75) is 19.4 Å². The number of rotatable bonds is 3. The maximum atomic E-state index is 9.09. The second-order valence-corrected chi connectivity index (χ2v) is 6.99. The minimum atomic E-state index is -0.164. The van der Waals surface area contributed by atoms with Crippen LogP contribution in [0, 0.1) is 11.5 Å². The van der Waals surface area contributed by atoms with Gasteiger partial charge in [0.2, 0.25) is 6.19 Å². The van der Waals surface area contributed by atoms with Crippen molar-refractivity contribution in [2.75, 3.05) is 31.6 Å². The Labute approximate surface area is 160 Å². The molecule has 6 heteroatoms. The van der Waals surface area contributed by atoms with Crippen LogP contribution in [-0.4, -0.2) is 43.2 Å². The van der Waals surface area contributed by atoms with Gasteiger partial charge in [0.25, 0.3) is 0 Å². The molecule has 27 heavy (non-hydrogen) atoms. The van der Waals surface area contributed by atoms with E-state index < -0.39 is 0 Å². The van der Waals surface area contributed by atoms with Crippen LogP contribution in [0.25, 0.3) is 0 Å². The van der Waals surface area contributed by atoms with Crippen molar-refractivity contribution < 1.29 is 9.47 Å². The summed E-state index contributed by atoms with van der Waals surface area (Å²) in [4.78, 5) is 8.30. The summed E-state index contributed by atoms with van der Waals surface area (Å²) in [6.07, 6.45) is 1.86. The molecule has 1 fully saturated rings. The van der Waals surface area contributed by atoms with Crippen LogP contribution in [0.1, 0.15) is 13.8 Å². The number of nitriles is 1. The van der Waals surface area contributed by atoms with Gasteiger partial charge in [-0.3, -0.25) is 0 Å².